The molecule has 2 saturated carbocycles. The fourth-order valence-corrected chi connectivity index (χ4v) is 2.73. The first-order valence-corrected chi connectivity index (χ1v) is 5.53. The molecule has 0 bridgehead atoms. The van der Waals surface area contributed by atoms with Gasteiger partial charge in [0.15, 0.2) is 0 Å². The average Bonchev–Trinajstić information content (AvgIpc) is 2.65. The van der Waals surface area contributed by atoms with Crippen molar-refractivity contribution in [1.29, 1.82) is 0 Å². The largest absolute Gasteiger partial charge is 0.480 e. The van der Waals surface area contributed by atoms with Gasteiger partial charge in [-0.25, -0.2) is 13.6 Å². The second-order valence-corrected chi connectivity index (χ2v) is 4.91. The van der Waals surface area contributed by atoms with Crippen LogP contribution >= 0.6 is 0 Å². The van der Waals surface area contributed by atoms with Gasteiger partial charge in [0.1, 0.15) is 6.04 Å². The summed E-state index contributed by atoms with van der Waals surface area (Å²) in [5, 5.41) is 10.2. The molecule has 2 N–H and O–H groups in total. The summed E-state index contributed by atoms with van der Waals surface area (Å²) < 4.78 is 62.0. The molecule has 2 fully saturated rings. The molecule has 9 heteroatoms. The number of fused-ring (bicyclic) bond motifs is 1. The first-order chi connectivity index (χ1) is 8.55. The monoisotopic (exact) mass is 287 g/mol. The summed E-state index contributed by atoms with van der Waals surface area (Å²) in [4.78, 5) is 21.6. The Morgan fingerprint density at radius 3 is 2.05 bits per heavy atom. The average molecular weight is 287 g/mol. The number of carboxylic acid groups (broad SMARTS) is 1. The normalized spacial score (nSPS) is 33.4. The first kappa shape index (κ1) is 14.0. The molecule has 1 amide bonds. The molecule has 0 aromatic carbocycles. The molecule has 0 radical (unpaired) electrons. The van der Waals surface area contributed by atoms with Gasteiger partial charge in [0.2, 0.25) is 0 Å². The van der Waals surface area contributed by atoms with E-state index in [4.69, 9.17) is 5.11 Å². The summed E-state index contributed by atoms with van der Waals surface area (Å²) in [6.45, 7) is 0. The van der Waals surface area contributed by atoms with Crippen molar-refractivity contribution >= 4 is 11.9 Å². The number of rotatable bonds is 3. The molecule has 0 aromatic rings. The number of carboxylic acids is 1. The molecule has 3 unspecified atom stereocenters. The molecule has 3 atom stereocenters. The molecular formula is C10H10F5NO3. The van der Waals surface area contributed by atoms with Crippen molar-refractivity contribution in [2.75, 3.05) is 0 Å². The highest BCUT2D eigenvalue weighted by molar-refractivity contribution is 5.87. The van der Waals surface area contributed by atoms with Crippen molar-refractivity contribution in [2.45, 2.75) is 31.0 Å². The molecular weight excluding hydrogens is 277 g/mol. The maximum Gasteiger partial charge on any atom is 0.471 e. The number of alkyl halides is 5. The fourth-order valence-electron chi connectivity index (χ4n) is 2.73. The number of hydrogen-bond acceptors (Lipinski definition) is 2. The van der Waals surface area contributed by atoms with Gasteiger partial charge in [0.05, 0.1) is 0 Å². The Kier molecular flexibility index (Phi) is 2.98. The Morgan fingerprint density at radius 1 is 1.21 bits per heavy atom. The van der Waals surface area contributed by atoms with E-state index in [1.165, 1.54) is 5.32 Å². The lowest BCUT2D eigenvalue weighted by molar-refractivity contribution is -0.176. The van der Waals surface area contributed by atoms with Crippen LogP contribution in [0.1, 0.15) is 12.8 Å². The van der Waals surface area contributed by atoms with Crippen LogP contribution in [-0.4, -0.2) is 35.1 Å². The molecule has 0 aliphatic heterocycles. The molecule has 0 aromatic heterocycles. The van der Waals surface area contributed by atoms with Crippen molar-refractivity contribution in [1.82, 2.24) is 5.32 Å². The second-order valence-electron chi connectivity index (χ2n) is 4.91. The van der Waals surface area contributed by atoms with E-state index < -0.39 is 47.8 Å². The maximum absolute atomic E-state index is 12.9. The third-order valence-corrected chi connectivity index (χ3v) is 3.76. The van der Waals surface area contributed by atoms with E-state index in [1.807, 2.05) is 0 Å². The summed E-state index contributed by atoms with van der Waals surface area (Å²) in [6, 6.07) is -1.78. The lowest BCUT2D eigenvalue weighted by Gasteiger charge is -2.23. The number of aliphatic carboxylic acids is 1. The van der Waals surface area contributed by atoms with Crippen LogP contribution in [0.2, 0.25) is 0 Å². The quantitative estimate of drug-likeness (QED) is 0.771. The number of amides is 1. The Labute approximate surface area is 104 Å². The van der Waals surface area contributed by atoms with E-state index in [9.17, 15) is 31.5 Å². The van der Waals surface area contributed by atoms with Crippen LogP contribution in [0.25, 0.3) is 0 Å². The maximum atomic E-state index is 12.9. The van der Waals surface area contributed by atoms with Gasteiger partial charge in [0.25, 0.3) is 5.92 Å². The van der Waals surface area contributed by atoms with Crippen LogP contribution in [0, 0.1) is 17.8 Å². The minimum Gasteiger partial charge on any atom is -0.480 e. The first-order valence-electron chi connectivity index (χ1n) is 5.53. The SMILES string of the molecule is O=C(O)C(NC(=O)C(F)(F)F)C1CC2C(C1)C2(F)F. The highest BCUT2D eigenvalue weighted by Gasteiger charge is 2.72. The van der Waals surface area contributed by atoms with Crippen molar-refractivity contribution in [3.8, 4) is 0 Å². The van der Waals surface area contributed by atoms with Gasteiger partial charge < -0.3 is 10.4 Å². The molecule has 19 heavy (non-hydrogen) atoms. The number of carbonyl (C=O) groups is 2. The number of carbonyl (C=O) groups excluding carboxylic acids is 1. The Morgan fingerprint density at radius 2 is 1.68 bits per heavy atom. The van der Waals surface area contributed by atoms with Crippen LogP contribution < -0.4 is 5.32 Å². The van der Waals surface area contributed by atoms with Crippen LogP contribution in [0.15, 0.2) is 0 Å². The summed E-state index contributed by atoms with van der Waals surface area (Å²) in [5.41, 5.74) is 0. The molecule has 2 aliphatic carbocycles. The van der Waals surface area contributed by atoms with Gasteiger partial charge in [-0.15, -0.1) is 0 Å². The van der Waals surface area contributed by atoms with Crippen molar-refractivity contribution < 1.29 is 36.6 Å². The molecule has 0 spiro atoms. The summed E-state index contributed by atoms with van der Waals surface area (Å²) in [6.07, 6.45) is -5.57. The zero-order valence-electron chi connectivity index (χ0n) is 9.38. The van der Waals surface area contributed by atoms with E-state index in [1.54, 1.807) is 0 Å². The molecule has 108 valence electrons. The van der Waals surface area contributed by atoms with E-state index >= 15 is 0 Å². The lowest BCUT2D eigenvalue weighted by Crippen LogP contribution is -2.50. The van der Waals surface area contributed by atoms with Crippen molar-refractivity contribution in [3.63, 3.8) is 0 Å². The fraction of sp³-hybridized carbons (Fsp3) is 0.800. The Bertz CT molecular complexity index is 408. The highest BCUT2D eigenvalue weighted by atomic mass is 19.4. The molecule has 4 nitrogen and oxygen atoms in total. The van der Waals surface area contributed by atoms with E-state index in [0.29, 0.717) is 0 Å². The van der Waals surface area contributed by atoms with Gasteiger partial charge in [0, 0.05) is 11.8 Å². The smallest absolute Gasteiger partial charge is 0.471 e. The number of halogens is 5. The molecule has 2 aliphatic rings. The van der Waals surface area contributed by atoms with E-state index in [2.05, 4.69) is 0 Å². The number of nitrogens with one attached hydrogen (secondary N) is 1. The van der Waals surface area contributed by atoms with Crippen molar-refractivity contribution in [2.24, 2.45) is 17.8 Å². The van der Waals surface area contributed by atoms with Gasteiger partial charge >= 0.3 is 18.1 Å². The minimum absolute atomic E-state index is 0.188. The third-order valence-electron chi connectivity index (χ3n) is 3.76. The molecule has 2 rings (SSSR count). The third kappa shape index (κ3) is 2.37. The lowest BCUT2D eigenvalue weighted by atomic mass is 9.93. The van der Waals surface area contributed by atoms with Gasteiger partial charge in [-0.1, -0.05) is 0 Å². The Balaban J connectivity index is 2.00. The highest BCUT2D eigenvalue weighted by Crippen LogP contribution is 2.66. The summed E-state index contributed by atoms with van der Waals surface area (Å²) >= 11 is 0. The van der Waals surface area contributed by atoms with Gasteiger partial charge in [-0.3, -0.25) is 4.79 Å². The summed E-state index contributed by atoms with van der Waals surface area (Å²) in [5.74, 6) is -9.68. The van der Waals surface area contributed by atoms with Crippen LogP contribution in [0.5, 0.6) is 0 Å². The minimum atomic E-state index is -5.20. The summed E-state index contributed by atoms with van der Waals surface area (Å²) in [7, 11) is 0. The zero-order valence-corrected chi connectivity index (χ0v) is 9.38. The second kappa shape index (κ2) is 4.04. The number of hydrogen-bond donors (Lipinski definition) is 2. The predicted octanol–water partition coefficient (Wildman–Crippen LogP) is 1.41. The van der Waals surface area contributed by atoms with Gasteiger partial charge in [-0.2, -0.15) is 13.2 Å². The Hall–Kier alpha value is -1.41. The topological polar surface area (TPSA) is 66.4 Å². The van der Waals surface area contributed by atoms with E-state index in [-0.39, 0.29) is 12.8 Å². The van der Waals surface area contributed by atoms with Crippen LogP contribution in [-0.2, 0) is 9.59 Å². The molecule has 0 heterocycles. The van der Waals surface area contributed by atoms with Gasteiger partial charge in [-0.05, 0) is 18.8 Å². The zero-order chi connectivity index (χ0) is 14.6. The van der Waals surface area contributed by atoms with Crippen LogP contribution in [0.4, 0.5) is 22.0 Å². The van der Waals surface area contributed by atoms with Crippen LogP contribution in [0.3, 0.4) is 0 Å². The standard InChI is InChI=1S/C10H10F5NO3/c11-9(12)4-1-3(2-5(4)9)6(7(17)18)16-8(19)10(13,14)15/h3-6H,1-2H2,(H,16,19)(H,17,18). The van der Waals surface area contributed by atoms with Crippen molar-refractivity contribution in [3.05, 3.63) is 0 Å². The van der Waals surface area contributed by atoms with E-state index in [0.717, 1.165) is 0 Å². The predicted molar refractivity (Wildman–Crippen MR) is 50.3 cm³/mol. The molecule has 0 saturated heterocycles.